The molecule has 0 saturated carbocycles. The van der Waals surface area contributed by atoms with Crippen LogP contribution in [0.2, 0.25) is 0 Å². The van der Waals surface area contributed by atoms with Gasteiger partial charge in [0.15, 0.2) is 18.1 Å². The van der Waals surface area contributed by atoms with E-state index >= 15 is 0 Å². The minimum absolute atomic E-state index is 0.305. The zero-order chi connectivity index (χ0) is 17.3. The smallest absolute Gasteiger partial charge is 0.216 e. The Bertz CT molecular complexity index is 828. The Kier molecular flexibility index (Phi) is 4.28. The van der Waals surface area contributed by atoms with E-state index in [-0.39, 0.29) is 12.0 Å². The Morgan fingerprint density at radius 3 is 2.71 bits per heavy atom. The summed E-state index contributed by atoms with van der Waals surface area (Å²) >= 11 is 5.37. The van der Waals surface area contributed by atoms with E-state index in [1.54, 1.807) is 19.3 Å². The quantitative estimate of drug-likeness (QED) is 0.338. The monoisotopic (exact) mass is 339 g/mol. The molecule has 3 N–H and O–H groups in total. The SMILES string of the molecule is Cc1ccc[n+](C2C(c3ccncc3)C(=C=N)C(=S)NC2(C)O)c1. The number of piperidine rings is 1. The van der Waals surface area contributed by atoms with Gasteiger partial charge < -0.3 is 10.4 Å². The lowest BCUT2D eigenvalue weighted by molar-refractivity contribution is -0.740. The molecule has 0 bridgehead atoms. The van der Waals surface area contributed by atoms with Crippen molar-refractivity contribution in [2.24, 2.45) is 0 Å². The summed E-state index contributed by atoms with van der Waals surface area (Å²) in [6, 6.07) is 7.32. The van der Waals surface area contributed by atoms with Crippen molar-refractivity contribution in [1.29, 1.82) is 5.41 Å². The summed E-state index contributed by atoms with van der Waals surface area (Å²) in [6.45, 7) is 3.70. The van der Waals surface area contributed by atoms with Gasteiger partial charge in [-0.25, -0.2) is 0 Å². The number of nitrogens with one attached hydrogen (secondary N) is 2. The highest BCUT2D eigenvalue weighted by Gasteiger charge is 2.52. The van der Waals surface area contributed by atoms with Crippen molar-refractivity contribution >= 4 is 23.1 Å². The second-order valence-corrected chi connectivity index (χ2v) is 6.58. The molecule has 1 saturated heterocycles. The van der Waals surface area contributed by atoms with Crippen LogP contribution in [-0.4, -0.2) is 26.7 Å². The zero-order valence-corrected chi connectivity index (χ0v) is 14.3. The van der Waals surface area contributed by atoms with Crippen LogP contribution in [0.25, 0.3) is 0 Å². The summed E-state index contributed by atoms with van der Waals surface area (Å²) in [5.74, 6) is 2.17. The van der Waals surface area contributed by atoms with Gasteiger partial charge in [-0.15, -0.1) is 0 Å². The topological polar surface area (TPSA) is 72.9 Å². The van der Waals surface area contributed by atoms with Crippen molar-refractivity contribution in [3.05, 3.63) is 65.8 Å². The Labute approximate surface area is 146 Å². The largest absolute Gasteiger partial charge is 0.366 e. The maximum Gasteiger partial charge on any atom is 0.216 e. The van der Waals surface area contributed by atoms with Crippen molar-refractivity contribution in [3.63, 3.8) is 0 Å². The second kappa shape index (κ2) is 6.24. The van der Waals surface area contributed by atoms with E-state index in [1.165, 1.54) is 0 Å². The van der Waals surface area contributed by atoms with Crippen LogP contribution in [0.5, 0.6) is 0 Å². The average Bonchev–Trinajstić information content (AvgIpc) is 2.54. The lowest BCUT2D eigenvalue weighted by Gasteiger charge is -2.40. The van der Waals surface area contributed by atoms with Crippen molar-refractivity contribution < 1.29 is 9.67 Å². The molecule has 5 nitrogen and oxygen atoms in total. The molecule has 0 aliphatic carbocycles. The summed E-state index contributed by atoms with van der Waals surface area (Å²) in [4.78, 5) is 4.41. The van der Waals surface area contributed by atoms with Gasteiger partial charge in [0.25, 0.3) is 0 Å². The van der Waals surface area contributed by atoms with Gasteiger partial charge in [0.05, 0.1) is 11.5 Å². The molecule has 24 heavy (non-hydrogen) atoms. The maximum absolute atomic E-state index is 11.1. The van der Waals surface area contributed by atoms with Gasteiger partial charge in [-0.3, -0.25) is 10.4 Å². The molecule has 0 amide bonds. The molecule has 0 spiro atoms. The van der Waals surface area contributed by atoms with Crippen LogP contribution in [0.3, 0.4) is 0 Å². The first kappa shape index (κ1) is 16.5. The highest BCUT2D eigenvalue weighted by atomic mass is 32.1. The van der Waals surface area contributed by atoms with Crippen LogP contribution in [0, 0.1) is 12.3 Å². The molecule has 2 aromatic rings. The van der Waals surface area contributed by atoms with Crippen molar-refractivity contribution in [3.8, 4) is 0 Å². The third-order valence-electron chi connectivity index (χ3n) is 4.31. The standard InChI is InChI=1S/C18H18N4OS/c1-12-4-3-9-22(11-12)16-15(13-5-7-20-8-6-13)14(10-19)17(24)21-18(16,2)23/h3-9,11,15-16,19,23H,1-2H3/p+1. The minimum atomic E-state index is -1.27. The van der Waals surface area contributed by atoms with Gasteiger partial charge in [-0.2, -0.15) is 4.57 Å². The number of aliphatic hydroxyl groups is 1. The Balaban J connectivity index is 2.23. The molecule has 0 aromatic carbocycles. The van der Waals surface area contributed by atoms with Gasteiger partial charge in [-0.1, -0.05) is 12.2 Å². The summed E-state index contributed by atoms with van der Waals surface area (Å²) in [6.07, 6.45) is 7.30. The van der Waals surface area contributed by atoms with E-state index in [4.69, 9.17) is 17.6 Å². The van der Waals surface area contributed by atoms with Gasteiger partial charge in [0.2, 0.25) is 6.04 Å². The van der Waals surface area contributed by atoms with Crippen molar-refractivity contribution in [2.75, 3.05) is 0 Å². The van der Waals surface area contributed by atoms with Crippen LogP contribution in [0.15, 0.2) is 54.6 Å². The lowest BCUT2D eigenvalue weighted by Crippen LogP contribution is -2.66. The van der Waals surface area contributed by atoms with Gasteiger partial charge in [0.1, 0.15) is 4.99 Å². The van der Waals surface area contributed by atoms with Crippen LogP contribution >= 0.6 is 12.2 Å². The van der Waals surface area contributed by atoms with Crippen LogP contribution < -0.4 is 9.88 Å². The third-order valence-corrected chi connectivity index (χ3v) is 4.63. The number of rotatable bonds is 2. The van der Waals surface area contributed by atoms with Crippen molar-refractivity contribution in [1.82, 2.24) is 10.3 Å². The van der Waals surface area contributed by atoms with Crippen LogP contribution in [-0.2, 0) is 0 Å². The molecule has 1 aliphatic rings. The second-order valence-electron chi connectivity index (χ2n) is 6.17. The van der Waals surface area contributed by atoms with Crippen LogP contribution in [0.1, 0.15) is 30.0 Å². The predicted octanol–water partition coefficient (Wildman–Crippen LogP) is 1.82. The molecular weight excluding hydrogens is 320 g/mol. The molecule has 122 valence electrons. The average molecular weight is 339 g/mol. The Hall–Kier alpha value is -2.40. The molecular formula is C18H19N4OS+. The number of thiocarbonyl (C=S) groups is 1. The highest BCUT2D eigenvalue weighted by molar-refractivity contribution is 7.80. The molecule has 6 heteroatoms. The Morgan fingerprint density at radius 2 is 2.08 bits per heavy atom. The fourth-order valence-corrected chi connectivity index (χ4v) is 3.68. The third kappa shape index (κ3) is 2.87. The van der Waals surface area contributed by atoms with E-state index in [9.17, 15) is 5.11 Å². The summed E-state index contributed by atoms with van der Waals surface area (Å²) in [5.41, 5.74) is 1.30. The maximum atomic E-state index is 11.1. The number of aromatic nitrogens is 2. The molecule has 3 unspecified atom stereocenters. The fourth-order valence-electron chi connectivity index (χ4n) is 3.30. The summed E-state index contributed by atoms with van der Waals surface area (Å²) in [7, 11) is 0. The first-order valence-corrected chi connectivity index (χ1v) is 8.06. The van der Waals surface area contributed by atoms with Crippen LogP contribution in [0.4, 0.5) is 0 Å². The number of nitrogens with zero attached hydrogens (tertiary/aromatic N) is 2. The number of pyridine rings is 2. The number of hydrogen-bond acceptors (Lipinski definition) is 4. The van der Waals surface area contributed by atoms with Gasteiger partial charge >= 0.3 is 0 Å². The first-order chi connectivity index (χ1) is 11.4. The predicted molar refractivity (Wildman–Crippen MR) is 95.0 cm³/mol. The number of hydrogen-bond donors (Lipinski definition) is 3. The lowest BCUT2D eigenvalue weighted by atomic mass is 9.77. The molecule has 2 aromatic heterocycles. The van der Waals surface area contributed by atoms with Gasteiger partial charge in [-0.05, 0) is 43.5 Å². The van der Waals surface area contributed by atoms with E-state index in [0.29, 0.717) is 10.6 Å². The van der Waals surface area contributed by atoms with Gasteiger partial charge in [0, 0.05) is 24.0 Å². The van der Waals surface area contributed by atoms with Crippen molar-refractivity contribution in [2.45, 2.75) is 31.5 Å². The summed E-state index contributed by atoms with van der Waals surface area (Å²) in [5, 5.41) is 21.7. The molecule has 3 atom stereocenters. The highest BCUT2D eigenvalue weighted by Crippen LogP contribution is 2.40. The Morgan fingerprint density at radius 1 is 1.38 bits per heavy atom. The summed E-state index contributed by atoms with van der Waals surface area (Å²) < 4.78 is 1.96. The minimum Gasteiger partial charge on any atom is -0.366 e. The molecule has 0 radical (unpaired) electrons. The van der Waals surface area contributed by atoms with E-state index in [0.717, 1.165) is 11.1 Å². The fraction of sp³-hybridized carbons (Fsp3) is 0.278. The van der Waals surface area contributed by atoms with E-state index < -0.39 is 5.72 Å². The van der Waals surface area contributed by atoms with E-state index in [2.05, 4.69) is 16.2 Å². The zero-order valence-electron chi connectivity index (χ0n) is 13.5. The molecule has 3 heterocycles. The molecule has 1 aliphatic heterocycles. The number of aryl methyl sites for hydroxylation is 1. The molecule has 3 rings (SSSR count). The van der Waals surface area contributed by atoms with E-state index in [1.807, 2.05) is 48.1 Å². The normalized spacial score (nSPS) is 26.6. The molecule has 1 fully saturated rings. The first-order valence-electron chi connectivity index (χ1n) is 7.66.